The lowest BCUT2D eigenvalue weighted by atomic mass is 9.90. The molecule has 2 heterocycles. The molecule has 0 radical (unpaired) electrons. The molecule has 3 rings (SSSR count). The molecule has 112 valence electrons. The Morgan fingerprint density at radius 3 is 2.67 bits per heavy atom. The van der Waals surface area contributed by atoms with Crippen molar-refractivity contribution >= 4 is 11.8 Å². The van der Waals surface area contributed by atoms with Crippen LogP contribution in [0.25, 0.3) is 5.69 Å². The van der Waals surface area contributed by atoms with Gasteiger partial charge in [-0.15, -0.1) is 0 Å². The van der Waals surface area contributed by atoms with Crippen molar-refractivity contribution in [1.82, 2.24) is 9.78 Å². The van der Waals surface area contributed by atoms with Crippen molar-refractivity contribution in [3.63, 3.8) is 0 Å². The minimum atomic E-state index is -0.251. The number of thioether (sulfide) groups is 1. The Morgan fingerprint density at radius 1 is 1.29 bits per heavy atom. The van der Waals surface area contributed by atoms with Crippen LogP contribution >= 0.6 is 11.8 Å². The van der Waals surface area contributed by atoms with E-state index in [4.69, 9.17) is 4.74 Å². The zero-order valence-electron chi connectivity index (χ0n) is 11.5. The van der Waals surface area contributed by atoms with E-state index in [0.717, 1.165) is 22.9 Å². The molecule has 6 heteroatoms. The molecule has 1 saturated heterocycles. The van der Waals surface area contributed by atoms with Crippen LogP contribution in [0.4, 0.5) is 4.39 Å². The van der Waals surface area contributed by atoms with E-state index in [0.29, 0.717) is 13.2 Å². The highest BCUT2D eigenvalue weighted by molar-refractivity contribution is 7.98. The van der Waals surface area contributed by atoms with Crippen LogP contribution < -0.4 is 0 Å². The van der Waals surface area contributed by atoms with E-state index in [1.807, 2.05) is 12.3 Å². The van der Waals surface area contributed by atoms with Gasteiger partial charge >= 0.3 is 0 Å². The van der Waals surface area contributed by atoms with Gasteiger partial charge in [0.05, 0.1) is 31.2 Å². The van der Waals surface area contributed by atoms with Gasteiger partial charge in [-0.05, 0) is 30.3 Å². The first-order valence-electron chi connectivity index (χ1n) is 6.78. The lowest BCUT2D eigenvalue weighted by molar-refractivity contribution is -0.121. The third-order valence-corrected chi connectivity index (χ3v) is 4.86. The second-order valence-corrected chi connectivity index (χ2v) is 6.36. The molecule has 1 aliphatic heterocycles. The fourth-order valence-electron chi connectivity index (χ4n) is 2.16. The first kappa shape index (κ1) is 14.6. The van der Waals surface area contributed by atoms with Crippen molar-refractivity contribution in [2.75, 3.05) is 25.6 Å². The zero-order chi connectivity index (χ0) is 14.7. The van der Waals surface area contributed by atoms with E-state index in [-0.39, 0.29) is 17.8 Å². The first-order valence-corrected chi connectivity index (χ1v) is 7.93. The highest BCUT2D eigenvalue weighted by Gasteiger charge is 2.37. The zero-order valence-corrected chi connectivity index (χ0v) is 12.4. The molecule has 0 amide bonds. The molecule has 2 aromatic rings. The second kappa shape index (κ2) is 6.17. The lowest BCUT2D eigenvalue weighted by Gasteiger charge is -2.39. The van der Waals surface area contributed by atoms with Crippen LogP contribution in [0, 0.1) is 11.2 Å². The molecule has 0 unspecified atom stereocenters. The molecule has 21 heavy (non-hydrogen) atoms. The summed E-state index contributed by atoms with van der Waals surface area (Å²) in [6.45, 7) is 1.45. The minimum absolute atomic E-state index is 0.0653. The fraction of sp³-hybridized carbons (Fsp3) is 0.400. The quantitative estimate of drug-likeness (QED) is 0.889. The van der Waals surface area contributed by atoms with E-state index < -0.39 is 0 Å². The second-order valence-electron chi connectivity index (χ2n) is 5.37. The molecule has 0 spiro atoms. The normalized spacial score (nSPS) is 16.7. The van der Waals surface area contributed by atoms with Crippen LogP contribution in [-0.2, 0) is 10.5 Å². The Morgan fingerprint density at radius 2 is 2.05 bits per heavy atom. The Kier molecular flexibility index (Phi) is 4.28. The molecule has 4 nitrogen and oxygen atoms in total. The number of aliphatic hydroxyl groups excluding tert-OH is 1. The minimum Gasteiger partial charge on any atom is -0.396 e. The predicted molar refractivity (Wildman–Crippen MR) is 80.0 cm³/mol. The summed E-state index contributed by atoms with van der Waals surface area (Å²) in [5.74, 6) is 1.40. The Hall–Kier alpha value is -1.37. The van der Waals surface area contributed by atoms with Gasteiger partial charge in [0, 0.05) is 23.1 Å². The number of ether oxygens (including phenoxy) is 1. The molecule has 1 N–H and O–H groups in total. The van der Waals surface area contributed by atoms with Gasteiger partial charge in [-0.25, -0.2) is 9.07 Å². The molecule has 1 aromatic heterocycles. The smallest absolute Gasteiger partial charge is 0.123 e. The molecule has 1 aliphatic rings. The summed E-state index contributed by atoms with van der Waals surface area (Å²) in [5.41, 5.74) is 1.74. The Bertz CT molecular complexity index is 590. The summed E-state index contributed by atoms with van der Waals surface area (Å²) < 4.78 is 19.8. The van der Waals surface area contributed by atoms with Gasteiger partial charge in [-0.2, -0.15) is 16.9 Å². The summed E-state index contributed by atoms with van der Waals surface area (Å²) >= 11 is 1.75. The summed E-state index contributed by atoms with van der Waals surface area (Å²) in [7, 11) is 0. The monoisotopic (exact) mass is 308 g/mol. The van der Waals surface area contributed by atoms with Crippen molar-refractivity contribution in [1.29, 1.82) is 0 Å². The number of halogens is 1. The number of rotatable bonds is 6. The van der Waals surface area contributed by atoms with Gasteiger partial charge in [-0.1, -0.05) is 0 Å². The number of aromatic nitrogens is 2. The van der Waals surface area contributed by atoms with Crippen molar-refractivity contribution < 1.29 is 14.2 Å². The van der Waals surface area contributed by atoms with Gasteiger partial charge in [0.25, 0.3) is 0 Å². The van der Waals surface area contributed by atoms with Gasteiger partial charge in [0.15, 0.2) is 0 Å². The van der Waals surface area contributed by atoms with Crippen LogP contribution in [0.1, 0.15) is 5.69 Å². The maximum absolute atomic E-state index is 12.9. The van der Waals surface area contributed by atoms with Crippen molar-refractivity contribution in [3.05, 3.63) is 48.0 Å². The SMILES string of the molecule is OCC1(CSCc2ccn(-c3ccc(F)cc3)n2)COC1. The summed E-state index contributed by atoms with van der Waals surface area (Å²) in [6.07, 6.45) is 1.87. The highest BCUT2D eigenvalue weighted by atomic mass is 32.2. The maximum atomic E-state index is 12.9. The standard InChI is InChI=1S/C15H17FN2O2S/c16-12-1-3-14(4-2-12)18-6-5-13(17-18)7-21-11-15(8-19)9-20-10-15/h1-6,19H,7-11H2. The average molecular weight is 308 g/mol. The molecular formula is C15H17FN2O2S. The molecule has 1 aromatic carbocycles. The summed E-state index contributed by atoms with van der Waals surface area (Å²) in [6, 6.07) is 8.21. The highest BCUT2D eigenvalue weighted by Crippen LogP contribution is 2.32. The van der Waals surface area contributed by atoms with Crippen molar-refractivity contribution in [2.45, 2.75) is 5.75 Å². The Balaban J connectivity index is 1.56. The van der Waals surface area contributed by atoms with Gasteiger partial charge < -0.3 is 9.84 Å². The lowest BCUT2D eigenvalue weighted by Crippen LogP contribution is -2.47. The third kappa shape index (κ3) is 3.28. The van der Waals surface area contributed by atoms with Crippen LogP contribution in [0.2, 0.25) is 0 Å². The van der Waals surface area contributed by atoms with E-state index in [1.54, 1.807) is 28.6 Å². The molecule has 0 aliphatic carbocycles. The number of nitrogens with zero attached hydrogens (tertiary/aromatic N) is 2. The summed E-state index contributed by atoms with van der Waals surface area (Å²) in [5, 5.41) is 13.8. The number of aliphatic hydroxyl groups is 1. The molecular weight excluding hydrogens is 291 g/mol. The van der Waals surface area contributed by atoms with E-state index >= 15 is 0 Å². The summed E-state index contributed by atoms with van der Waals surface area (Å²) in [4.78, 5) is 0. The Labute approximate surface area is 126 Å². The van der Waals surface area contributed by atoms with Gasteiger partial charge in [-0.3, -0.25) is 0 Å². The van der Waals surface area contributed by atoms with Gasteiger partial charge in [0.1, 0.15) is 5.82 Å². The van der Waals surface area contributed by atoms with E-state index in [1.165, 1.54) is 12.1 Å². The van der Waals surface area contributed by atoms with Crippen molar-refractivity contribution in [2.24, 2.45) is 5.41 Å². The fourth-order valence-corrected chi connectivity index (χ4v) is 3.32. The number of benzene rings is 1. The van der Waals surface area contributed by atoms with Crippen LogP contribution in [0.3, 0.4) is 0 Å². The topological polar surface area (TPSA) is 47.3 Å². The van der Waals surface area contributed by atoms with Crippen LogP contribution in [0.5, 0.6) is 0 Å². The van der Waals surface area contributed by atoms with Crippen LogP contribution in [-0.4, -0.2) is 40.5 Å². The third-order valence-electron chi connectivity index (χ3n) is 3.55. The van der Waals surface area contributed by atoms with E-state index in [2.05, 4.69) is 5.10 Å². The largest absolute Gasteiger partial charge is 0.396 e. The molecule has 0 saturated carbocycles. The molecule has 0 atom stereocenters. The number of hydrogen-bond donors (Lipinski definition) is 1. The predicted octanol–water partition coefficient (Wildman–Crippen LogP) is 2.25. The maximum Gasteiger partial charge on any atom is 0.123 e. The van der Waals surface area contributed by atoms with Gasteiger partial charge in [0.2, 0.25) is 0 Å². The average Bonchev–Trinajstić information content (AvgIpc) is 2.91. The van der Waals surface area contributed by atoms with Crippen molar-refractivity contribution in [3.8, 4) is 5.69 Å². The molecule has 0 bridgehead atoms. The molecule has 1 fully saturated rings. The first-order chi connectivity index (χ1) is 10.2. The van der Waals surface area contributed by atoms with Crippen LogP contribution in [0.15, 0.2) is 36.5 Å². The van der Waals surface area contributed by atoms with E-state index in [9.17, 15) is 9.50 Å². The number of hydrogen-bond acceptors (Lipinski definition) is 4.